The van der Waals surface area contributed by atoms with E-state index >= 15 is 0 Å². The lowest BCUT2D eigenvalue weighted by Crippen LogP contribution is -2.35. The molecule has 0 bridgehead atoms. The normalized spacial score (nSPS) is 13.2. The zero-order valence-corrected chi connectivity index (χ0v) is 19.4. The van der Waals surface area contributed by atoms with Crippen molar-refractivity contribution in [3.05, 3.63) is 82.9 Å². The second-order valence-corrected chi connectivity index (χ2v) is 9.99. The highest BCUT2D eigenvalue weighted by atomic mass is 35.5. The van der Waals surface area contributed by atoms with E-state index in [2.05, 4.69) is 10.6 Å². The molecule has 2 N–H and O–H groups in total. The number of sulfonamides is 1. The number of anilines is 3. The zero-order chi connectivity index (χ0) is 23.6. The molecule has 0 saturated heterocycles. The summed E-state index contributed by atoms with van der Waals surface area (Å²) in [5, 5.41) is 5.31. The Morgan fingerprint density at radius 2 is 1.64 bits per heavy atom. The maximum Gasteiger partial charge on any atom is 0.314 e. The molecule has 0 aromatic heterocycles. The Hall–Kier alpha value is -3.36. The van der Waals surface area contributed by atoms with Crippen molar-refractivity contribution >= 4 is 50.5 Å². The lowest BCUT2D eigenvalue weighted by Gasteiger charge is -2.31. The predicted molar refractivity (Wildman–Crippen MR) is 129 cm³/mol. The zero-order valence-electron chi connectivity index (χ0n) is 17.8. The topological polar surface area (TPSA) is 95.6 Å². The highest BCUT2D eigenvalue weighted by Crippen LogP contribution is 2.34. The number of amides is 2. The van der Waals surface area contributed by atoms with Crippen molar-refractivity contribution in [3.63, 3.8) is 0 Å². The lowest BCUT2D eigenvalue weighted by molar-refractivity contribution is -0.132. The van der Waals surface area contributed by atoms with Gasteiger partial charge in [-0.1, -0.05) is 47.5 Å². The summed E-state index contributed by atoms with van der Waals surface area (Å²) in [6.45, 7) is 2.22. The molecule has 1 heterocycles. The summed E-state index contributed by atoms with van der Waals surface area (Å²) in [4.78, 5) is 24.9. The maximum absolute atomic E-state index is 13.3. The molecule has 9 heteroatoms. The Bertz CT molecular complexity index is 1320. The smallest absolute Gasteiger partial charge is 0.314 e. The fraction of sp³-hybridized carbons (Fsp3) is 0.167. The minimum absolute atomic E-state index is 0.203. The number of rotatable bonds is 4. The van der Waals surface area contributed by atoms with E-state index in [1.165, 1.54) is 4.31 Å². The lowest BCUT2D eigenvalue weighted by atomic mass is 10.0. The SMILES string of the molecule is Cc1ccc(S(=O)(=O)N2CCCc3ccc(NC(=O)C(=O)Nc4ccccc4Cl)cc32)cc1. The van der Waals surface area contributed by atoms with Gasteiger partial charge in [0.2, 0.25) is 0 Å². The number of fused-ring (bicyclic) bond motifs is 1. The molecular weight excluding hydrogens is 462 g/mol. The van der Waals surface area contributed by atoms with Gasteiger partial charge < -0.3 is 10.6 Å². The third-order valence-electron chi connectivity index (χ3n) is 5.36. The van der Waals surface area contributed by atoms with Crippen LogP contribution in [0, 0.1) is 6.92 Å². The molecule has 2 amide bonds. The number of carbonyl (C=O) groups excluding carboxylic acids is 2. The summed E-state index contributed by atoms with van der Waals surface area (Å²) in [6.07, 6.45) is 1.40. The van der Waals surface area contributed by atoms with Gasteiger partial charge in [0, 0.05) is 12.2 Å². The van der Waals surface area contributed by atoms with Gasteiger partial charge in [-0.15, -0.1) is 0 Å². The number of aryl methyl sites for hydroxylation is 2. The summed E-state index contributed by atoms with van der Waals surface area (Å²) >= 11 is 6.02. The van der Waals surface area contributed by atoms with Crippen LogP contribution in [0.2, 0.25) is 5.02 Å². The monoisotopic (exact) mass is 483 g/mol. The van der Waals surface area contributed by atoms with Gasteiger partial charge in [-0.3, -0.25) is 13.9 Å². The number of hydrogen-bond acceptors (Lipinski definition) is 4. The highest BCUT2D eigenvalue weighted by molar-refractivity contribution is 7.92. The van der Waals surface area contributed by atoms with Gasteiger partial charge in [0.25, 0.3) is 10.0 Å². The molecule has 0 atom stereocenters. The van der Waals surface area contributed by atoms with E-state index in [-0.39, 0.29) is 4.90 Å². The Kier molecular flexibility index (Phi) is 6.40. The van der Waals surface area contributed by atoms with Crippen molar-refractivity contribution in [1.29, 1.82) is 0 Å². The predicted octanol–water partition coefficient (Wildman–Crippen LogP) is 4.37. The van der Waals surface area contributed by atoms with E-state index in [1.54, 1.807) is 66.7 Å². The molecule has 0 aliphatic carbocycles. The van der Waals surface area contributed by atoms with E-state index in [1.807, 2.05) is 6.92 Å². The van der Waals surface area contributed by atoms with Gasteiger partial charge in [-0.25, -0.2) is 8.42 Å². The van der Waals surface area contributed by atoms with Crippen LogP contribution in [0.3, 0.4) is 0 Å². The van der Waals surface area contributed by atoms with Crippen LogP contribution in [0.5, 0.6) is 0 Å². The van der Waals surface area contributed by atoms with Crippen LogP contribution in [0.25, 0.3) is 0 Å². The molecule has 3 aromatic rings. The first-order chi connectivity index (χ1) is 15.8. The fourth-order valence-corrected chi connectivity index (χ4v) is 5.35. The second kappa shape index (κ2) is 9.25. The molecule has 3 aromatic carbocycles. The average molecular weight is 484 g/mol. The van der Waals surface area contributed by atoms with E-state index in [0.717, 1.165) is 17.5 Å². The standard InChI is InChI=1S/C24H22ClN3O4S/c1-16-8-12-19(13-9-16)33(31,32)28-14-4-5-17-10-11-18(15-22(17)28)26-23(29)24(30)27-21-7-3-2-6-20(21)25/h2-3,6-13,15H,4-5,14H2,1H3,(H,26,29)(H,27,30). The Morgan fingerprint density at radius 3 is 2.36 bits per heavy atom. The van der Waals surface area contributed by atoms with Gasteiger partial charge in [0.1, 0.15) is 0 Å². The van der Waals surface area contributed by atoms with Gasteiger partial charge in [-0.2, -0.15) is 0 Å². The number of carbonyl (C=O) groups is 2. The molecule has 33 heavy (non-hydrogen) atoms. The van der Waals surface area contributed by atoms with Crippen molar-refractivity contribution in [2.45, 2.75) is 24.7 Å². The molecule has 0 saturated carbocycles. The first-order valence-electron chi connectivity index (χ1n) is 10.3. The molecule has 0 fully saturated rings. The third kappa shape index (κ3) is 4.86. The second-order valence-electron chi connectivity index (χ2n) is 7.73. The Labute approximate surface area is 197 Å². The number of hydrogen-bond donors (Lipinski definition) is 2. The number of nitrogens with one attached hydrogen (secondary N) is 2. The first-order valence-corrected chi connectivity index (χ1v) is 12.2. The van der Waals surface area contributed by atoms with Crippen LogP contribution in [-0.2, 0) is 26.0 Å². The summed E-state index contributed by atoms with van der Waals surface area (Å²) in [5.74, 6) is -1.77. The summed E-state index contributed by atoms with van der Waals surface area (Å²) < 4.78 is 28.0. The van der Waals surface area contributed by atoms with Crippen molar-refractivity contribution in [1.82, 2.24) is 0 Å². The highest BCUT2D eigenvalue weighted by Gasteiger charge is 2.29. The quantitative estimate of drug-likeness (QED) is 0.539. The fourth-order valence-electron chi connectivity index (χ4n) is 3.64. The van der Waals surface area contributed by atoms with Crippen LogP contribution < -0.4 is 14.9 Å². The molecule has 1 aliphatic heterocycles. The van der Waals surface area contributed by atoms with Crippen LogP contribution >= 0.6 is 11.6 Å². The van der Waals surface area contributed by atoms with Gasteiger partial charge in [0.15, 0.2) is 0 Å². The van der Waals surface area contributed by atoms with Gasteiger partial charge in [-0.05, 0) is 61.7 Å². The number of halogens is 1. The van der Waals surface area contributed by atoms with Crippen LogP contribution in [0.15, 0.2) is 71.6 Å². The first kappa shape index (κ1) is 22.8. The van der Waals surface area contributed by atoms with E-state index in [4.69, 9.17) is 11.6 Å². The van der Waals surface area contributed by atoms with Crippen molar-refractivity contribution in [2.24, 2.45) is 0 Å². The molecule has 0 spiro atoms. The minimum Gasteiger partial charge on any atom is -0.318 e. The van der Waals surface area contributed by atoms with Crippen LogP contribution in [0.4, 0.5) is 17.1 Å². The summed E-state index contributed by atoms with van der Waals surface area (Å²) in [6, 6.07) is 18.3. The molecule has 170 valence electrons. The summed E-state index contributed by atoms with van der Waals surface area (Å²) in [5.41, 5.74) is 2.95. The van der Waals surface area contributed by atoms with Crippen molar-refractivity contribution in [3.8, 4) is 0 Å². The van der Waals surface area contributed by atoms with Crippen molar-refractivity contribution in [2.75, 3.05) is 21.5 Å². The third-order valence-corrected chi connectivity index (χ3v) is 7.51. The number of benzene rings is 3. The van der Waals surface area contributed by atoms with Gasteiger partial charge >= 0.3 is 11.8 Å². The molecule has 1 aliphatic rings. The number of nitrogens with zero attached hydrogens (tertiary/aromatic N) is 1. The molecule has 4 rings (SSSR count). The minimum atomic E-state index is -3.77. The van der Waals surface area contributed by atoms with Crippen LogP contribution in [-0.4, -0.2) is 26.8 Å². The van der Waals surface area contributed by atoms with Crippen LogP contribution in [0.1, 0.15) is 17.5 Å². The Balaban J connectivity index is 1.57. The van der Waals surface area contributed by atoms with Crippen molar-refractivity contribution < 1.29 is 18.0 Å². The van der Waals surface area contributed by atoms with E-state index in [0.29, 0.717) is 35.1 Å². The maximum atomic E-state index is 13.3. The molecule has 7 nitrogen and oxygen atoms in total. The largest absolute Gasteiger partial charge is 0.318 e. The van der Waals surface area contributed by atoms with Gasteiger partial charge in [0.05, 0.1) is 21.3 Å². The molecule has 0 unspecified atom stereocenters. The van der Waals surface area contributed by atoms with E-state index in [9.17, 15) is 18.0 Å². The summed E-state index contributed by atoms with van der Waals surface area (Å²) in [7, 11) is -3.77. The molecule has 0 radical (unpaired) electrons. The molecular formula is C24H22ClN3O4S. The Morgan fingerprint density at radius 1 is 0.939 bits per heavy atom. The number of para-hydroxylation sites is 1. The average Bonchev–Trinajstić information content (AvgIpc) is 2.80. The van der Waals surface area contributed by atoms with E-state index < -0.39 is 21.8 Å².